The van der Waals surface area contributed by atoms with E-state index in [1.54, 1.807) is 6.20 Å². The molecule has 64 valence electrons. The lowest BCUT2D eigenvalue weighted by molar-refractivity contribution is 0.930. The highest BCUT2D eigenvalue weighted by atomic mass is 14.8. The van der Waals surface area contributed by atoms with Gasteiger partial charge >= 0.3 is 0 Å². The van der Waals surface area contributed by atoms with Crippen molar-refractivity contribution in [3.63, 3.8) is 0 Å². The summed E-state index contributed by atoms with van der Waals surface area (Å²) in [6, 6.07) is 5.87. The Balaban J connectivity index is 2.71. The Hall–Kier alpha value is -1.18. The molecule has 0 saturated heterocycles. The van der Waals surface area contributed by atoms with Gasteiger partial charge in [-0.05, 0) is 25.5 Å². The Morgan fingerprint density at radius 2 is 2.33 bits per heavy atom. The van der Waals surface area contributed by atoms with Crippen LogP contribution in [0.1, 0.15) is 26.0 Å². The topological polar surface area (TPSA) is 25.2 Å². The van der Waals surface area contributed by atoms with Crippen molar-refractivity contribution in [3.05, 3.63) is 30.1 Å². The second-order valence-electron chi connectivity index (χ2n) is 2.68. The summed E-state index contributed by atoms with van der Waals surface area (Å²) >= 11 is 0. The van der Waals surface area contributed by atoms with Gasteiger partial charge in [0.2, 0.25) is 0 Å². The first kappa shape index (κ1) is 8.91. The summed E-state index contributed by atoms with van der Waals surface area (Å²) in [5.74, 6) is 0. The van der Waals surface area contributed by atoms with E-state index < -0.39 is 0 Å². The van der Waals surface area contributed by atoms with Crippen LogP contribution in [0.5, 0.6) is 0 Å². The van der Waals surface area contributed by atoms with Crippen molar-refractivity contribution >= 4 is 5.71 Å². The monoisotopic (exact) mass is 162 g/mol. The molecule has 0 fully saturated rings. The number of aromatic nitrogens is 1. The van der Waals surface area contributed by atoms with Crippen molar-refractivity contribution in [2.75, 3.05) is 6.54 Å². The SMILES string of the molecule is CCCN=C(C)c1ccccn1. The smallest absolute Gasteiger partial charge is 0.0836 e. The molecule has 12 heavy (non-hydrogen) atoms. The Morgan fingerprint density at radius 1 is 1.50 bits per heavy atom. The van der Waals surface area contributed by atoms with E-state index in [9.17, 15) is 0 Å². The lowest BCUT2D eigenvalue weighted by Crippen LogP contribution is -1.98. The summed E-state index contributed by atoms with van der Waals surface area (Å²) in [7, 11) is 0. The van der Waals surface area contributed by atoms with Gasteiger partial charge in [0.1, 0.15) is 0 Å². The Labute approximate surface area is 73.4 Å². The molecule has 0 radical (unpaired) electrons. The van der Waals surface area contributed by atoms with E-state index in [1.807, 2.05) is 25.1 Å². The van der Waals surface area contributed by atoms with Crippen molar-refractivity contribution in [2.45, 2.75) is 20.3 Å². The van der Waals surface area contributed by atoms with Crippen molar-refractivity contribution in [1.82, 2.24) is 4.98 Å². The summed E-state index contributed by atoms with van der Waals surface area (Å²) in [5, 5.41) is 0. The van der Waals surface area contributed by atoms with E-state index in [4.69, 9.17) is 0 Å². The molecule has 2 nitrogen and oxygen atoms in total. The average Bonchev–Trinajstić information content (AvgIpc) is 2.15. The number of hydrogen-bond donors (Lipinski definition) is 0. The third-order valence-corrected chi connectivity index (χ3v) is 1.61. The molecule has 1 aromatic heterocycles. The van der Waals surface area contributed by atoms with Crippen LogP contribution in [0.25, 0.3) is 0 Å². The highest BCUT2D eigenvalue weighted by Crippen LogP contribution is 1.96. The third kappa shape index (κ3) is 2.46. The van der Waals surface area contributed by atoms with E-state index in [1.165, 1.54) is 0 Å². The molecule has 0 aliphatic carbocycles. The van der Waals surface area contributed by atoms with Crippen LogP contribution in [-0.4, -0.2) is 17.2 Å². The van der Waals surface area contributed by atoms with Gasteiger partial charge in [0.05, 0.1) is 11.4 Å². The van der Waals surface area contributed by atoms with E-state index in [-0.39, 0.29) is 0 Å². The fourth-order valence-electron chi connectivity index (χ4n) is 0.937. The van der Waals surface area contributed by atoms with Crippen molar-refractivity contribution in [1.29, 1.82) is 0 Å². The molecule has 0 saturated carbocycles. The largest absolute Gasteiger partial charge is 0.288 e. The van der Waals surface area contributed by atoms with Crippen LogP contribution in [0.2, 0.25) is 0 Å². The van der Waals surface area contributed by atoms with Crippen molar-refractivity contribution in [2.24, 2.45) is 4.99 Å². The highest BCUT2D eigenvalue weighted by molar-refractivity contribution is 5.96. The first-order valence-corrected chi connectivity index (χ1v) is 4.27. The zero-order chi connectivity index (χ0) is 8.81. The van der Waals surface area contributed by atoms with Crippen LogP contribution in [-0.2, 0) is 0 Å². The summed E-state index contributed by atoms with van der Waals surface area (Å²) in [5.41, 5.74) is 2.00. The molecule has 1 heterocycles. The minimum absolute atomic E-state index is 0.891. The van der Waals surface area contributed by atoms with E-state index in [0.717, 1.165) is 24.4 Å². The molecule has 1 aromatic rings. The zero-order valence-corrected chi connectivity index (χ0v) is 7.62. The first-order valence-electron chi connectivity index (χ1n) is 4.27. The standard InChI is InChI=1S/C10H14N2/c1-3-7-11-9(2)10-6-4-5-8-12-10/h4-6,8H,3,7H2,1-2H3. The van der Waals surface area contributed by atoms with Crippen molar-refractivity contribution in [3.8, 4) is 0 Å². The molecule has 0 aliphatic heterocycles. The van der Waals surface area contributed by atoms with Crippen LogP contribution in [0, 0.1) is 0 Å². The Morgan fingerprint density at radius 3 is 2.92 bits per heavy atom. The Bertz CT molecular complexity index is 252. The summed E-state index contributed by atoms with van der Waals surface area (Å²) in [4.78, 5) is 8.57. The van der Waals surface area contributed by atoms with E-state index >= 15 is 0 Å². The zero-order valence-electron chi connectivity index (χ0n) is 7.62. The number of nitrogens with zero attached hydrogens (tertiary/aromatic N) is 2. The third-order valence-electron chi connectivity index (χ3n) is 1.61. The van der Waals surface area contributed by atoms with Gasteiger partial charge in [-0.1, -0.05) is 13.0 Å². The quantitative estimate of drug-likeness (QED) is 0.626. The van der Waals surface area contributed by atoms with Gasteiger partial charge in [0.25, 0.3) is 0 Å². The second-order valence-corrected chi connectivity index (χ2v) is 2.68. The van der Waals surface area contributed by atoms with Crippen molar-refractivity contribution < 1.29 is 0 Å². The molecule has 1 rings (SSSR count). The fraction of sp³-hybridized carbons (Fsp3) is 0.400. The molecular weight excluding hydrogens is 148 g/mol. The molecule has 0 aromatic carbocycles. The van der Waals surface area contributed by atoms with Gasteiger partial charge < -0.3 is 0 Å². The van der Waals surface area contributed by atoms with Crippen LogP contribution in [0.15, 0.2) is 29.4 Å². The van der Waals surface area contributed by atoms with Crippen LogP contribution in [0.4, 0.5) is 0 Å². The van der Waals surface area contributed by atoms with E-state index in [2.05, 4.69) is 16.9 Å². The average molecular weight is 162 g/mol. The van der Waals surface area contributed by atoms with Gasteiger partial charge in [-0.25, -0.2) is 0 Å². The molecule has 0 unspecified atom stereocenters. The normalized spacial score (nSPS) is 11.7. The van der Waals surface area contributed by atoms with Gasteiger partial charge in [-0.2, -0.15) is 0 Å². The highest BCUT2D eigenvalue weighted by Gasteiger charge is 1.94. The molecule has 0 aliphatic rings. The van der Waals surface area contributed by atoms with Gasteiger partial charge in [-0.3, -0.25) is 9.98 Å². The molecule has 0 bridgehead atoms. The first-order chi connectivity index (χ1) is 5.84. The van der Waals surface area contributed by atoms with Gasteiger partial charge in [0, 0.05) is 12.7 Å². The number of aliphatic imine (C=N–C) groups is 1. The molecule has 0 N–H and O–H groups in total. The molecule has 0 spiro atoms. The molecule has 0 amide bonds. The summed E-state index contributed by atoms with van der Waals surface area (Å²) < 4.78 is 0. The molecule has 0 atom stereocenters. The Kier molecular flexibility index (Phi) is 3.45. The number of pyridine rings is 1. The summed E-state index contributed by atoms with van der Waals surface area (Å²) in [6.07, 6.45) is 2.88. The maximum Gasteiger partial charge on any atom is 0.0836 e. The maximum atomic E-state index is 4.37. The van der Waals surface area contributed by atoms with Crippen LogP contribution < -0.4 is 0 Å². The molecule has 2 heteroatoms. The predicted octanol–water partition coefficient (Wildman–Crippen LogP) is 2.30. The maximum absolute atomic E-state index is 4.37. The second kappa shape index (κ2) is 4.65. The minimum atomic E-state index is 0.891. The van der Waals surface area contributed by atoms with E-state index in [0.29, 0.717) is 0 Å². The fourth-order valence-corrected chi connectivity index (χ4v) is 0.937. The van der Waals surface area contributed by atoms with Gasteiger partial charge in [-0.15, -0.1) is 0 Å². The van der Waals surface area contributed by atoms with Crippen LogP contribution in [0.3, 0.4) is 0 Å². The predicted molar refractivity (Wildman–Crippen MR) is 51.6 cm³/mol. The van der Waals surface area contributed by atoms with Gasteiger partial charge in [0.15, 0.2) is 0 Å². The number of rotatable bonds is 3. The number of hydrogen-bond acceptors (Lipinski definition) is 2. The lowest BCUT2D eigenvalue weighted by atomic mass is 10.2. The lowest BCUT2D eigenvalue weighted by Gasteiger charge is -1.97. The minimum Gasteiger partial charge on any atom is -0.288 e. The van der Waals surface area contributed by atoms with Crippen LogP contribution >= 0.6 is 0 Å². The summed E-state index contributed by atoms with van der Waals surface area (Å²) in [6.45, 7) is 5.01. The molecular formula is C10H14N2.